The molecule has 0 saturated carbocycles. The van der Waals surface area contributed by atoms with Crippen LogP contribution in [-0.2, 0) is 4.79 Å². The molecule has 2 rings (SSSR count). The van der Waals surface area contributed by atoms with E-state index in [0.717, 1.165) is 21.5 Å². The van der Waals surface area contributed by atoms with Crippen molar-refractivity contribution < 1.29 is 9.53 Å². The molecule has 4 heteroatoms. The van der Waals surface area contributed by atoms with Gasteiger partial charge < -0.3 is 10.1 Å². The third-order valence-corrected chi connectivity index (χ3v) is 2.35. The van der Waals surface area contributed by atoms with E-state index in [2.05, 4.69) is 21.2 Å². The van der Waals surface area contributed by atoms with E-state index in [1.54, 1.807) is 0 Å². The van der Waals surface area contributed by atoms with Crippen molar-refractivity contribution in [1.82, 2.24) is 0 Å². The van der Waals surface area contributed by atoms with Gasteiger partial charge in [-0.1, -0.05) is 15.9 Å². The molecule has 0 atom stereocenters. The van der Waals surface area contributed by atoms with Crippen LogP contribution in [0.15, 0.2) is 16.6 Å². The van der Waals surface area contributed by atoms with Gasteiger partial charge in [-0.25, -0.2) is 0 Å². The maximum atomic E-state index is 11.0. The van der Waals surface area contributed by atoms with Crippen molar-refractivity contribution in [3.8, 4) is 5.75 Å². The van der Waals surface area contributed by atoms with Gasteiger partial charge in [-0.2, -0.15) is 0 Å². The number of hydrogen-bond donors (Lipinski definition) is 1. The Morgan fingerprint density at radius 2 is 2.31 bits per heavy atom. The average Bonchev–Trinajstić information content (AvgIpc) is 2.06. The molecule has 1 aromatic carbocycles. The zero-order valence-corrected chi connectivity index (χ0v) is 8.64. The fraction of sp³-hybridized carbons (Fsp3) is 0.222. The number of nitrogens with one attached hydrogen (secondary N) is 1. The Bertz CT molecular complexity index is 376. The van der Waals surface area contributed by atoms with Gasteiger partial charge in [-0.3, -0.25) is 4.79 Å². The molecule has 0 saturated heterocycles. The summed E-state index contributed by atoms with van der Waals surface area (Å²) in [6, 6.07) is 3.79. The third-order valence-electron chi connectivity index (χ3n) is 1.89. The molecule has 68 valence electrons. The van der Waals surface area contributed by atoms with Crippen molar-refractivity contribution in [2.24, 2.45) is 0 Å². The lowest BCUT2D eigenvalue weighted by atomic mass is 10.1. The molecule has 0 bridgehead atoms. The molecule has 13 heavy (non-hydrogen) atoms. The van der Waals surface area contributed by atoms with E-state index in [4.69, 9.17) is 4.74 Å². The van der Waals surface area contributed by atoms with Gasteiger partial charge in [-0.15, -0.1) is 0 Å². The number of ether oxygens (including phenoxy) is 1. The average molecular weight is 242 g/mol. The summed E-state index contributed by atoms with van der Waals surface area (Å²) in [7, 11) is 0. The molecular weight excluding hydrogens is 234 g/mol. The van der Waals surface area contributed by atoms with Crippen molar-refractivity contribution in [1.29, 1.82) is 0 Å². The number of carbonyl (C=O) groups is 1. The Balaban J connectivity index is 2.53. The fourth-order valence-corrected chi connectivity index (χ4v) is 1.86. The molecule has 1 aliphatic rings. The number of anilines is 1. The SMILES string of the molecule is Cc1cc(Br)cc2c1NC(=O)CO2. The molecule has 1 aliphatic heterocycles. The third kappa shape index (κ3) is 1.54. The number of aryl methyl sites for hydroxylation is 1. The zero-order chi connectivity index (χ0) is 9.42. The van der Waals surface area contributed by atoms with Crippen LogP contribution in [0.25, 0.3) is 0 Å². The van der Waals surface area contributed by atoms with E-state index < -0.39 is 0 Å². The summed E-state index contributed by atoms with van der Waals surface area (Å²) in [5, 5.41) is 2.77. The summed E-state index contributed by atoms with van der Waals surface area (Å²) < 4.78 is 6.21. The van der Waals surface area contributed by atoms with Crippen molar-refractivity contribution in [3.05, 3.63) is 22.2 Å². The largest absolute Gasteiger partial charge is 0.482 e. The van der Waals surface area contributed by atoms with E-state index in [1.165, 1.54) is 0 Å². The topological polar surface area (TPSA) is 38.3 Å². The Morgan fingerprint density at radius 1 is 1.54 bits per heavy atom. The second-order valence-corrected chi connectivity index (χ2v) is 3.85. The molecule has 0 aliphatic carbocycles. The van der Waals surface area contributed by atoms with Gasteiger partial charge in [0.25, 0.3) is 5.91 Å². The minimum absolute atomic E-state index is 0.0991. The number of fused-ring (bicyclic) bond motifs is 1. The van der Waals surface area contributed by atoms with Crippen LogP contribution in [0.5, 0.6) is 5.75 Å². The van der Waals surface area contributed by atoms with Gasteiger partial charge in [0.1, 0.15) is 5.75 Å². The van der Waals surface area contributed by atoms with E-state index in [-0.39, 0.29) is 12.5 Å². The number of carbonyl (C=O) groups excluding carboxylic acids is 1. The highest BCUT2D eigenvalue weighted by molar-refractivity contribution is 9.10. The molecule has 1 heterocycles. The Kier molecular flexibility index (Phi) is 2.00. The van der Waals surface area contributed by atoms with Crippen molar-refractivity contribution in [2.75, 3.05) is 11.9 Å². The smallest absolute Gasteiger partial charge is 0.262 e. The van der Waals surface area contributed by atoms with Gasteiger partial charge in [0.2, 0.25) is 0 Å². The van der Waals surface area contributed by atoms with Crippen molar-refractivity contribution in [2.45, 2.75) is 6.92 Å². The van der Waals surface area contributed by atoms with Crippen LogP contribution in [0.2, 0.25) is 0 Å². The molecule has 1 aromatic rings. The van der Waals surface area contributed by atoms with Gasteiger partial charge in [0.05, 0.1) is 5.69 Å². The first-order valence-electron chi connectivity index (χ1n) is 3.89. The van der Waals surface area contributed by atoms with Crippen LogP contribution in [0.4, 0.5) is 5.69 Å². The summed E-state index contributed by atoms with van der Waals surface area (Å²) in [5.74, 6) is 0.629. The maximum absolute atomic E-state index is 11.0. The van der Waals surface area contributed by atoms with E-state index in [0.29, 0.717) is 0 Å². The predicted octanol–water partition coefficient (Wildman–Crippen LogP) is 2.09. The summed E-state index contributed by atoms with van der Waals surface area (Å²) in [6.07, 6.45) is 0. The predicted molar refractivity (Wildman–Crippen MR) is 53.0 cm³/mol. The second-order valence-electron chi connectivity index (χ2n) is 2.93. The van der Waals surface area contributed by atoms with E-state index >= 15 is 0 Å². The van der Waals surface area contributed by atoms with Gasteiger partial charge in [0.15, 0.2) is 6.61 Å². The Morgan fingerprint density at radius 3 is 3.08 bits per heavy atom. The molecule has 0 aromatic heterocycles. The molecule has 0 spiro atoms. The van der Waals surface area contributed by atoms with E-state index in [1.807, 2.05) is 19.1 Å². The monoisotopic (exact) mass is 241 g/mol. The highest BCUT2D eigenvalue weighted by Gasteiger charge is 2.17. The highest BCUT2D eigenvalue weighted by atomic mass is 79.9. The summed E-state index contributed by atoms with van der Waals surface area (Å²) in [5.41, 5.74) is 1.77. The van der Waals surface area contributed by atoms with E-state index in [9.17, 15) is 4.79 Å². The Labute approximate surface area is 84.2 Å². The first-order chi connectivity index (χ1) is 6.16. The van der Waals surface area contributed by atoms with Crippen LogP contribution in [-0.4, -0.2) is 12.5 Å². The molecule has 1 amide bonds. The molecule has 0 radical (unpaired) electrons. The lowest BCUT2D eigenvalue weighted by Crippen LogP contribution is -2.25. The first kappa shape index (κ1) is 8.56. The molecule has 0 fully saturated rings. The summed E-state index contributed by atoms with van der Waals surface area (Å²) in [6.45, 7) is 2.03. The van der Waals surface area contributed by atoms with Crippen molar-refractivity contribution in [3.63, 3.8) is 0 Å². The molecule has 1 N–H and O–H groups in total. The number of halogens is 1. The maximum Gasteiger partial charge on any atom is 0.262 e. The fourth-order valence-electron chi connectivity index (χ4n) is 1.31. The van der Waals surface area contributed by atoms with Crippen LogP contribution in [0.1, 0.15) is 5.56 Å². The number of amides is 1. The minimum atomic E-state index is -0.0991. The highest BCUT2D eigenvalue weighted by Crippen LogP contribution is 2.33. The summed E-state index contributed by atoms with van der Waals surface area (Å²) in [4.78, 5) is 11.0. The minimum Gasteiger partial charge on any atom is -0.482 e. The van der Waals surface area contributed by atoms with Crippen LogP contribution in [0, 0.1) is 6.92 Å². The number of hydrogen-bond acceptors (Lipinski definition) is 2. The van der Waals surface area contributed by atoms with Crippen molar-refractivity contribution >= 4 is 27.5 Å². The van der Waals surface area contributed by atoms with Crippen LogP contribution >= 0.6 is 15.9 Å². The normalized spacial score (nSPS) is 14.5. The molecule has 3 nitrogen and oxygen atoms in total. The second kappa shape index (κ2) is 3.03. The van der Waals surface area contributed by atoms with Gasteiger partial charge in [-0.05, 0) is 24.6 Å². The Hall–Kier alpha value is -1.03. The molecule has 0 unspecified atom stereocenters. The number of rotatable bonds is 0. The van der Waals surface area contributed by atoms with Gasteiger partial charge in [0, 0.05) is 4.47 Å². The lowest BCUT2D eigenvalue weighted by Gasteiger charge is -2.19. The standard InChI is InChI=1S/C9H8BrNO2/c1-5-2-6(10)3-7-9(5)11-8(12)4-13-7/h2-3H,4H2,1H3,(H,11,12). The quantitative estimate of drug-likeness (QED) is 0.756. The molecular formula is C9H8BrNO2. The van der Waals surface area contributed by atoms with Crippen LogP contribution < -0.4 is 10.1 Å². The van der Waals surface area contributed by atoms with Crippen LogP contribution in [0.3, 0.4) is 0 Å². The first-order valence-corrected chi connectivity index (χ1v) is 4.69. The van der Waals surface area contributed by atoms with Gasteiger partial charge >= 0.3 is 0 Å². The zero-order valence-electron chi connectivity index (χ0n) is 7.06. The number of benzene rings is 1. The lowest BCUT2D eigenvalue weighted by molar-refractivity contribution is -0.118. The summed E-state index contributed by atoms with van der Waals surface area (Å²) >= 11 is 3.36.